The van der Waals surface area contributed by atoms with Crippen molar-refractivity contribution in [2.75, 3.05) is 0 Å². The van der Waals surface area contributed by atoms with Crippen LogP contribution in [0.25, 0.3) is 5.65 Å². The Bertz CT molecular complexity index is 386. The van der Waals surface area contributed by atoms with Gasteiger partial charge in [0.25, 0.3) is 0 Å². The van der Waals surface area contributed by atoms with Crippen molar-refractivity contribution >= 4 is 11.9 Å². The number of pyridine rings is 1. The Morgan fingerprint density at radius 3 is 3.17 bits per heavy atom. The van der Waals surface area contributed by atoms with E-state index in [1.54, 1.807) is 6.20 Å². The third-order valence-corrected chi connectivity index (χ3v) is 1.57. The summed E-state index contributed by atoms with van der Waals surface area (Å²) in [4.78, 5) is 4.16. The first-order chi connectivity index (χ1) is 5.90. The SMILES string of the molecule is ON=Cc1cn2ccccc2n1. The zero-order valence-electron chi connectivity index (χ0n) is 6.25. The van der Waals surface area contributed by atoms with Crippen LogP contribution in [-0.4, -0.2) is 20.8 Å². The van der Waals surface area contributed by atoms with Gasteiger partial charge in [-0.25, -0.2) is 4.98 Å². The Morgan fingerprint density at radius 1 is 1.50 bits per heavy atom. The van der Waals surface area contributed by atoms with Crippen LogP contribution in [0.15, 0.2) is 35.7 Å². The molecule has 2 aromatic rings. The van der Waals surface area contributed by atoms with Gasteiger partial charge in [0, 0.05) is 12.4 Å². The molecule has 0 saturated heterocycles. The Labute approximate surface area is 68.8 Å². The molecule has 0 bridgehead atoms. The van der Waals surface area contributed by atoms with Gasteiger partial charge in [0.2, 0.25) is 0 Å². The monoisotopic (exact) mass is 161 g/mol. The van der Waals surface area contributed by atoms with Crippen LogP contribution in [0.5, 0.6) is 0 Å². The van der Waals surface area contributed by atoms with Gasteiger partial charge < -0.3 is 9.61 Å². The van der Waals surface area contributed by atoms with Gasteiger partial charge in [-0.2, -0.15) is 0 Å². The van der Waals surface area contributed by atoms with Crippen LogP contribution in [0.1, 0.15) is 5.69 Å². The molecule has 0 unspecified atom stereocenters. The molecule has 0 spiro atoms. The second-order valence-corrected chi connectivity index (χ2v) is 2.38. The fourth-order valence-electron chi connectivity index (χ4n) is 1.08. The van der Waals surface area contributed by atoms with E-state index >= 15 is 0 Å². The number of fused-ring (bicyclic) bond motifs is 1. The second kappa shape index (κ2) is 2.65. The average Bonchev–Trinajstić information content (AvgIpc) is 2.47. The number of aromatic nitrogens is 2. The number of imidazole rings is 1. The van der Waals surface area contributed by atoms with Crippen molar-refractivity contribution in [3.63, 3.8) is 0 Å². The van der Waals surface area contributed by atoms with Crippen molar-refractivity contribution < 1.29 is 5.21 Å². The molecule has 1 N–H and O–H groups in total. The van der Waals surface area contributed by atoms with E-state index in [-0.39, 0.29) is 0 Å². The first-order valence-electron chi connectivity index (χ1n) is 3.51. The normalized spacial score (nSPS) is 11.3. The minimum Gasteiger partial charge on any atom is -0.411 e. The summed E-state index contributed by atoms with van der Waals surface area (Å²) < 4.78 is 1.86. The van der Waals surface area contributed by atoms with E-state index in [0.717, 1.165) is 5.65 Å². The summed E-state index contributed by atoms with van der Waals surface area (Å²) in [5.74, 6) is 0. The van der Waals surface area contributed by atoms with Crippen molar-refractivity contribution in [1.29, 1.82) is 0 Å². The fourth-order valence-corrected chi connectivity index (χ4v) is 1.08. The Hall–Kier alpha value is -1.84. The van der Waals surface area contributed by atoms with E-state index in [2.05, 4.69) is 10.1 Å². The van der Waals surface area contributed by atoms with E-state index < -0.39 is 0 Å². The molecule has 60 valence electrons. The Morgan fingerprint density at radius 2 is 2.42 bits per heavy atom. The molecule has 0 aliphatic heterocycles. The standard InChI is InChI=1S/C8H7N3O/c12-9-5-7-6-11-4-2-1-3-8(11)10-7/h1-6,12H. The van der Waals surface area contributed by atoms with E-state index in [0.29, 0.717) is 5.69 Å². The van der Waals surface area contributed by atoms with Crippen LogP contribution < -0.4 is 0 Å². The molecule has 4 nitrogen and oxygen atoms in total. The van der Waals surface area contributed by atoms with E-state index in [9.17, 15) is 0 Å². The van der Waals surface area contributed by atoms with Crippen LogP contribution in [0.4, 0.5) is 0 Å². The van der Waals surface area contributed by atoms with E-state index in [4.69, 9.17) is 5.21 Å². The topological polar surface area (TPSA) is 49.9 Å². The molecule has 0 radical (unpaired) electrons. The van der Waals surface area contributed by atoms with Gasteiger partial charge in [-0.05, 0) is 12.1 Å². The minimum atomic E-state index is 0.642. The van der Waals surface area contributed by atoms with Crippen LogP contribution in [0.2, 0.25) is 0 Å². The lowest BCUT2D eigenvalue weighted by atomic mass is 10.5. The summed E-state index contributed by atoms with van der Waals surface area (Å²) in [7, 11) is 0. The highest BCUT2D eigenvalue weighted by Gasteiger charge is 1.96. The maximum Gasteiger partial charge on any atom is 0.137 e. The first-order valence-corrected chi connectivity index (χ1v) is 3.51. The van der Waals surface area contributed by atoms with Gasteiger partial charge >= 0.3 is 0 Å². The first kappa shape index (κ1) is 6.84. The maximum absolute atomic E-state index is 8.27. The summed E-state index contributed by atoms with van der Waals surface area (Å²) in [6.07, 6.45) is 4.97. The summed E-state index contributed by atoms with van der Waals surface area (Å²) in [5.41, 5.74) is 1.48. The molecule has 0 atom stereocenters. The molecule has 12 heavy (non-hydrogen) atoms. The summed E-state index contributed by atoms with van der Waals surface area (Å²) in [6, 6.07) is 5.70. The second-order valence-electron chi connectivity index (χ2n) is 2.38. The van der Waals surface area contributed by atoms with Crippen molar-refractivity contribution in [2.45, 2.75) is 0 Å². The minimum absolute atomic E-state index is 0.642. The van der Waals surface area contributed by atoms with Crippen molar-refractivity contribution in [1.82, 2.24) is 9.38 Å². The largest absolute Gasteiger partial charge is 0.411 e. The Kier molecular flexibility index (Phi) is 1.51. The molecular formula is C8H7N3O. The van der Waals surface area contributed by atoms with Crippen LogP contribution in [-0.2, 0) is 0 Å². The quantitative estimate of drug-likeness (QED) is 0.387. The highest BCUT2D eigenvalue weighted by Crippen LogP contribution is 2.01. The highest BCUT2D eigenvalue weighted by atomic mass is 16.4. The van der Waals surface area contributed by atoms with Crippen LogP contribution in [0, 0.1) is 0 Å². The van der Waals surface area contributed by atoms with Crippen molar-refractivity contribution in [2.24, 2.45) is 5.16 Å². The molecule has 2 rings (SSSR count). The fraction of sp³-hybridized carbons (Fsp3) is 0. The van der Waals surface area contributed by atoms with Crippen LogP contribution in [0.3, 0.4) is 0 Å². The van der Waals surface area contributed by atoms with E-state index in [1.807, 2.05) is 28.8 Å². The van der Waals surface area contributed by atoms with Crippen molar-refractivity contribution in [3.8, 4) is 0 Å². The summed E-state index contributed by atoms with van der Waals surface area (Å²) >= 11 is 0. The molecule has 0 aliphatic rings. The third-order valence-electron chi connectivity index (χ3n) is 1.57. The van der Waals surface area contributed by atoms with Gasteiger partial charge in [-0.3, -0.25) is 0 Å². The Balaban J connectivity index is 2.62. The van der Waals surface area contributed by atoms with E-state index in [1.165, 1.54) is 6.21 Å². The highest BCUT2D eigenvalue weighted by molar-refractivity contribution is 5.77. The number of hydrogen-bond donors (Lipinski definition) is 1. The maximum atomic E-state index is 8.27. The lowest BCUT2D eigenvalue weighted by molar-refractivity contribution is 0.321. The number of rotatable bonds is 1. The number of oxime groups is 1. The number of hydrogen-bond acceptors (Lipinski definition) is 3. The zero-order chi connectivity index (χ0) is 8.39. The van der Waals surface area contributed by atoms with Gasteiger partial charge in [0.15, 0.2) is 0 Å². The predicted octanol–water partition coefficient (Wildman–Crippen LogP) is 1.14. The smallest absolute Gasteiger partial charge is 0.137 e. The average molecular weight is 161 g/mol. The molecule has 2 heterocycles. The van der Waals surface area contributed by atoms with Gasteiger partial charge in [0.05, 0.1) is 6.21 Å². The lowest BCUT2D eigenvalue weighted by Crippen LogP contribution is -1.77. The molecular weight excluding hydrogens is 154 g/mol. The molecule has 2 aromatic heterocycles. The molecule has 0 aromatic carbocycles. The third kappa shape index (κ3) is 1.03. The van der Waals surface area contributed by atoms with Crippen molar-refractivity contribution in [3.05, 3.63) is 36.3 Å². The molecule has 0 saturated carbocycles. The summed E-state index contributed by atoms with van der Waals surface area (Å²) in [5, 5.41) is 11.2. The predicted molar refractivity (Wildman–Crippen MR) is 44.6 cm³/mol. The molecule has 4 heteroatoms. The van der Waals surface area contributed by atoms with Gasteiger partial charge in [-0.1, -0.05) is 11.2 Å². The molecule has 0 aliphatic carbocycles. The number of nitrogens with zero attached hydrogens (tertiary/aromatic N) is 3. The molecule has 0 fully saturated rings. The van der Waals surface area contributed by atoms with Crippen LogP contribution >= 0.6 is 0 Å². The molecule has 0 amide bonds. The lowest BCUT2D eigenvalue weighted by Gasteiger charge is -1.86. The van der Waals surface area contributed by atoms with Gasteiger partial charge in [-0.15, -0.1) is 0 Å². The van der Waals surface area contributed by atoms with Gasteiger partial charge in [0.1, 0.15) is 11.3 Å². The zero-order valence-corrected chi connectivity index (χ0v) is 6.25. The summed E-state index contributed by atoms with van der Waals surface area (Å²) in [6.45, 7) is 0.